The molecule has 0 atom stereocenters. The Morgan fingerprint density at radius 2 is 2.00 bits per heavy atom. The summed E-state index contributed by atoms with van der Waals surface area (Å²) in [7, 11) is 3.50. The highest BCUT2D eigenvalue weighted by atomic mass is 16.5. The maximum absolute atomic E-state index is 12.6. The molecule has 0 saturated heterocycles. The van der Waals surface area contributed by atoms with Gasteiger partial charge in [0.2, 0.25) is 11.7 Å². The fourth-order valence-electron chi connectivity index (χ4n) is 1.96. The van der Waals surface area contributed by atoms with Gasteiger partial charge < -0.3 is 9.64 Å². The van der Waals surface area contributed by atoms with Crippen molar-refractivity contribution in [3.05, 3.63) is 65.5 Å². The van der Waals surface area contributed by atoms with Crippen LogP contribution in [0.25, 0.3) is 0 Å². The largest absolute Gasteiger partial charge is 0.438 e. The summed E-state index contributed by atoms with van der Waals surface area (Å²) in [4.78, 5) is 18.4. The van der Waals surface area contributed by atoms with Gasteiger partial charge in [0.1, 0.15) is 17.4 Å². The maximum Gasteiger partial charge on any atom is 0.230 e. The van der Waals surface area contributed by atoms with Gasteiger partial charge in [-0.05, 0) is 30.7 Å². The summed E-state index contributed by atoms with van der Waals surface area (Å²) >= 11 is 0. The molecule has 0 N–H and O–H groups in total. The Labute approximate surface area is 135 Å². The van der Waals surface area contributed by atoms with Crippen molar-refractivity contribution in [3.8, 4) is 17.7 Å². The molecule has 0 spiro atoms. The van der Waals surface area contributed by atoms with Gasteiger partial charge >= 0.3 is 0 Å². The van der Waals surface area contributed by atoms with Crippen LogP contribution in [-0.4, -0.2) is 29.8 Å². The summed E-state index contributed by atoms with van der Waals surface area (Å²) in [6.45, 7) is 1.91. The van der Waals surface area contributed by atoms with Gasteiger partial charge in [-0.25, -0.2) is 4.98 Å². The quantitative estimate of drug-likeness (QED) is 0.481. The minimum absolute atomic E-state index is 0.0256. The number of hydrogen-bond acceptors (Lipinski definition) is 5. The highest BCUT2D eigenvalue weighted by Crippen LogP contribution is 2.27. The van der Waals surface area contributed by atoms with E-state index in [1.165, 1.54) is 6.20 Å². The first-order chi connectivity index (χ1) is 11.0. The van der Waals surface area contributed by atoms with Crippen molar-refractivity contribution in [2.45, 2.75) is 6.92 Å². The van der Waals surface area contributed by atoms with Gasteiger partial charge in [-0.2, -0.15) is 5.26 Å². The van der Waals surface area contributed by atoms with Crippen molar-refractivity contribution < 1.29 is 9.53 Å². The average Bonchev–Trinajstić information content (AvgIpc) is 2.54. The van der Waals surface area contributed by atoms with E-state index in [1.54, 1.807) is 43.4 Å². The number of allylic oxidation sites excluding steroid dienone is 1. The van der Waals surface area contributed by atoms with Crippen LogP contribution in [0.2, 0.25) is 0 Å². The molecule has 0 amide bonds. The van der Waals surface area contributed by atoms with Gasteiger partial charge in [0, 0.05) is 26.5 Å². The summed E-state index contributed by atoms with van der Waals surface area (Å²) in [5, 5.41) is 9.20. The zero-order chi connectivity index (χ0) is 16.8. The van der Waals surface area contributed by atoms with Gasteiger partial charge in [-0.1, -0.05) is 18.2 Å². The van der Waals surface area contributed by atoms with Crippen LogP contribution in [0.5, 0.6) is 11.6 Å². The molecule has 1 aromatic carbocycles. The van der Waals surface area contributed by atoms with Crippen molar-refractivity contribution in [1.29, 1.82) is 5.26 Å². The minimum Gasteiger partial charge on any atom is -0.438 e. The number of nitrogens with zero attached hydrogens (tertiary/aromatic N) is 3. The van der Waals surface area contributed by atoms with E-state index in [2.05, 4.69) is 4.98 Å². The number of ketones is 1. The molecule has 5 heteroatoms. The molecule has 0 aliphatic heterocycles. The van der Waals surface area contributed by atoms with Crippen LogP contribution < -0.4 is 4.74 Å². The van der Waals surface area contributed by atoms with E-state index in [0.29, 0.717) is 5.75 Å². The van der Waals surface area contributed by atoms with Gasteiger partial charge in [0.05, 0.1) is 5.56 Å². The Morgan fingerprint density at radius 3 is 2.65 bits per heavy atom. The topological polar surface area (TPSA) is 66.2 Å². The monoisotopic (exact) mass is 307 g/mol. The van der Waals surface area contributed by atoms with Gasteiger partial charge in [0.25, 0.3) is 0 Å². The first kappa shape index (κ1) is 16.2. The van der Waals surface area contributed by atoms with E-state index in [9.17, 15) is 10.1 Å². The van der Waals surface area contributed by atoms with E-state index in [0.717, 1.165) is 5.56 Å². The molecule has 1 aromatic heterocycles. The van der Waals surface area contributed by atoms with E-state index in [-0.39, 0.29) is 17.0 Å². The Bertz CT molecular complexity index is 789. The second-order valence-corrected chi connectivity index (χ2v) is 5.17. The average molecular weight is 307 g/mol. The van der Waals surface area contributed by atoms with E-state index in [1.807, 2.05) is 31.2 Å². The van der Waals surface area contributed by atoms with Crippen LogP contribution in [0.1, 0.15) is 15.9 Å². The van der Waals surface area contributed by atoms with Crippen LogP contribution in [0.4, 0.5) is 0 Å². The summed E-state index contributed by atoms with van der Waals surface area (Å²) < 4.78 is 5.78. The van der Waals surface area contributed by atoms with Crippen molar-refractivity contribution in [3.63, 3.8) is 0 Å². The number of carbonyl (C=O) groups is 1. The van der Waals surface area contributed by atoms with Gasteiger partial charge in [-0.3, -0.25) is 4.79 Å². The van der Waals surface area contributed by atoms with E-state index >= 15 is 0 Å². The number of para-hydroxylation sites is 1. The number of rotatable bonds is 5. The molecule has 0 saturated carbocycles. The number of hydrogen-bond donors (Lipinski definition) is 0. The fraction of sp³-hybridized carbons (Fsp3) is 0.167. The summed E-state index contributed by atoms with van der Waals surface area (Å²) in [5.41, 5.74) is 1.21. The van der Waals surface area contributed by atoms with E-state index < -0.39 is 5.78 Å². The maximum atomic E-state index is 12.6. The normalized spacial score (nSPS) is 10.8. The Balaban J connectivity index is 2.40. The van der Waals surface area contributed by atoms with Crippen molar-refractivity contribution >= 4 is 5.78 Å². The summed E-state index contributed by atoms with van der Waals surface area (Å²) in [5.74, 6) is 0.389. The standard InChI is InChI=1S/C18H17N3O2/c1-13-7-4-5-9-16(13)23-18-15(8-6-10-20-18)17(22)14(11-19)12-21(2)3/h4-10,12H,1-3H3. The molecule has 1 heterocycles. The molecule has 0 unspecified atom stereocenters. The van der Waals surface area contributed by atoms with Crippen molar-refractivity contribution in [2.75, 3.05) is 14.1 Å². The van der Waals surface area contributed by atoms with Crippen LogP contribution >= 0.6 is 0 Å². The number of aromatic nitrogens is 1. The number of nitriles is 1. The molecule has 116 valence electrons. The lowest BCUT2D eigenvalue weighted by molar-refractivity contribution is 0.103. The number of carbonyl (C=O) groups excluding carboxylic acids is 1. The smallest absolute Gasteiger partial charge is 0.230 e. The van der Waals surface area contributed by atoms with Gasteiger partial charge in [0.15, 0.2) is 0 Å². The lowest BCUT2D eigenvalue weighted by Gasteiger charge is -2.11. The number of pyridine rings is 1. The SMILES string of the molecule is Cc1ccccc1Oc1ncccc1C(=O)C(C#N)=CN(C)C. The molecule has 5 nitrogen and oxygen atoms in total. The van der Waals surface area contributed by atoms with Crippen molar-refractivity contribution in [1.82, 2.24) is 9.88 Å². The molecule has 23 heavy (non-hydrogen) atoms. The predicted molar refractivity (Wildman–Crippen MR) is 87.2 cm³/mol. The third-order valence-corrected chi connectivity index (χ3v) is 3.07. The minimum atomic E-state index is -0.419. The first-order valence-electron chi connectivity index (χ1n) is 7.04. The molecule has 0 aliphatic rings. The molecular weight excluding hydrogens is 290 g/mol. The van der Waals surface area contributed by atoms with Crippen LogP contribution in [0.3, 0.4) is 0 Å². The van der Waals surface area contributed by atoms with Crippen LogP contribution in [0.15, 0.2) is 54.4 Å². The number of ether oxygens (including phenoxy) is 1. The van der Waals surface area contributed by atoms with Crippen molar-refractivity contribution in [2.24, 2.45) is 0 Å². The highest BCUT2D eigenvalue weighted by Gasteiger charge is 2.19. The van der Waals surface area contributed by atoms with E-state index in [4.69, 9.17) is 4.74 Å². The number of benzene rings is 1. The zero-order valence-corrected chi connectivity index (χ0v) is 13.3. The second kappa shape index (κ2) is 7.23. The summed E-state index contributed by atoms with van der Waals surface area (Å²) in [6, 6.07) is 12.6. The molecule has 0 bridgehead atoms. The Hall–Kier alpha value is -3.13. The Morgan fingerprint density at radius 1 is 1.26 bits per heavy atom. The first-order valence-corrected chi connectivity index (χ1v) is 7.04. The number of Topliss-reactive ketones (excluding diaryl/α,β-unsaturated/α-hetero) is 1. The van der Waals surface area contributed by atoms with Crippen LogP contribution in [-0.2, 0) is 0 Å². The number of aryl methyl sites for hydroxylation is 1. The fourth-order valence-corrected chi connectivity index (χ4v) is 1.96. The third kappa shape index (κ3) is 3.95. The molecular formula is C18H17N3O2. The molecule has 0 fully saturated rings. The zero-order valence-electron chi connectivity index (χ0n) is 13.3. The molecule has 2 aromatic rings. The second-order valence-electron chi connectivity index (χ2n) is 5.17. The lowest BCUT2D eigenvalue weighted by Crippen LogP contribution is -2.10. The molecule has 2 rings (SSSR count). The van der Waals surface area contributed by atoms with Gasteiger partial charge in [-0.15, -0.1) is 0 Å². The molecule has 0 radical (unpaired) electrons. The third-order valence-electron chi connectivity index (χ3n) is 3.07. The summed E-state index contributed by atoms with van der Waals surface area (Å²) in [6.07, 6.45) is 3.03. The lowest BCUT2D eigenvalue weighted by atomic mass is 10.1. The molecule has 0 aliphatic carbocycles. The Kier molecular flexibility index (Phi) is 5.11. The van der Waals surface area contributed by atoms with Crippen LogP contribution in [0, 0.1) is 18.3 Å². The predicted octanol–water partition coefficient (Wildman–Crippen LogP) is 3.33. The highest BCUT2D eigenvalue weighted by molar-refractivity contribution is 6.12.